The number of carbonyl (C=O) groups excluding carboxylic acids is 1. The molecule has 0 unspecified atom stereocenters. The Hall–Kier alpha value is -3.81. The molecular weight excluding hydrogens is 491 g/mol. The maximum absolute atomic E-state index is 13.7. The molecule has 8 heteroatoms. The summed E-state index contributed by atoms with van der Waals surface area (Å²) in [6, 6.07) is 14.7. The number of carbonyl (C=O) groups is 1. The molecule has 3 heterocycles. The Morgan fingerprint density at radius 2 is 1.64 bits per heavy atom. The lowest BCUT2D eigenvalue weighted by atomic mass is 9.91. The van der Waals surface area contributed by atoms with E-state index in [4.69, 9.17) is 15.1 Å². The Morgan fingerprint density at radius 3 is 2.33 bits per heavy atom. The zero-order chi connectivity index (χ0) is 27.7. The summed E-state index contributed by atoms with van der Waals surface area (Å²) in [5.74, 6) is 1.46. The molecule has 1 saturated heterocycles. The molecule has 0 bridgehead atoms. The highest BCUT2D eigenvalue weighted by atomic mass is 19.1. The van der Waals surface area contributed by atoms with Gasteiger partial charge in [0.15, 0.2) is 5.65 Å². The van der Waals surface area contributed by atoms with Gasteiger partial charge in [0.1, 0.15) is 17.5 Å². The summed E-state index contributed by atoms with van der Waals surface area (Å²) in [7, 11) is 0. The molecule has 204 valence electrons. The normalized spacial score (nSPS) is 14.6. The summed E-state index contributed by atoms with van der Waals surface area (Å²) >= 11 is 0. The van der Waals surface area contributed by atoms with Crippen LogP contribution in [0.1, 0.15) is 56.3 Å². The number of amides is 1. The topological polar surface area (TPSA) is 67.2 Å². The smallest absolute Gasteiger partial charge is 0.223 e. The predicted octanol–water partition coefficient (Wildman–Crippen LogP) is 5.64. The van der Waals surface area contributed by atoms with Crippen molar-refractivity contribution in [3.05, 3.63) is 77.0 Å². The molecule has 2 aromatic carbocycles. The van der Waals surface area contributed by atoms with Crippen molar-refractivity contribution >= 4 is 22.8 Å². The van der Waals surface area contributed by atoms with Crippen molar-refractivity contribution in [1.82, 2.24) is 24.6 Å². The first-order chi connectivity index (χ1) is 18.6. The lowest BCUT2D eigenvalue weighted by Crippen LogP contribution is -2.37. The summed E-state index contributed by atoms with van der Waals surface area (Å²) in [6.07, 6.45) is 1.98. The van der Waals surface area contributed by atoms with Gasteiger partial charge in [-0.15, -0.1) is 0 Å². The van der Waals surface area contributed by atoms with E-state index in [1.54, 1.807) is 16.8 Å². The van der Waals surface area contributed by atoms with E-state index in [1.807, 2.05) is 11.8 Å². The summed E-state index contributed by atoms with van der Waals surface area (Å²) < 4.78 is 15.5. The average Bonchev–Trinajstić information content (AvgIpc) is 3.04. The monoisotopic (exact) mass is 528 g/mol. The Balaban J connectivity index is 1.54. The molecule has 1 fully saturated rings. The van der Waals surface area contributed by atoms with Crippen molar-refractivity contribution in [2.45, 2.75) is 53.9 Å². The van der Waals surface area contributed by atoms with Crippen molar-refractivity contribution in [2.75, 3.05) is 31.1 Å². The number of rotatable bonds is 5. The lowest BCUT2D eigenvalue weighted by molar-refractivity contribution is -0.132. The van der Waals surface area contributed by atoms with Crippen LogP contribution in [0.2, 0.25) is 0 Å². The van der Waals surface area contributed by atoms with E-state index in [9.17, 15) is 9.18 Å². The number of benzene rings is 2. The molecular formula is C31H37FN6O. The number of anilines is 1. The van der Waals surface area contributed by atoms with E-state index in [0.29, 0.717) is 37.4 Å². The zero-order valence-corrected chi connectivity index (χ0v) is 23.5. The van der Waals surface area contributed by atoms with Gasteiger partial charge in [0.05, 0.1) is 16.8 Å². The second kappa shape index (κ2) is 10.8. The van der Waals surface area contributed by atoms with Crippen molar-refractivity contribution in [3.63, 3.8) is 0 Å². The number of aromatic nitrogens is 4. The van der Waals surface area contributed by atoms with Crippen molar-refractivity contribution in [2.24, 2.45) is 5.41 Å². The molecule has 2 aromatic heterocycles. The van der Waals surface area contributed by atoms with Gasteiger partial charge in [-0.1, -0.05) is 50.6 Å². The molecule has 0 aliphatic carbocycles. The highest BCUT2D eigenvalue weighted by Gasteiger charge is 2.27. The number of nitrogens with zero attached hydrogens (tertiary/aromatic N) is 6. The number of hydrogen-bond acceptors (Lipinski definition) is 5. The SMILES string of the molecule is Cc1ccc(Cc2nc(N3CCCN(C(=O)CC(C)(C)C)CC3)c3c(C)nn(-c4ccc(F)cc4)c3n2)cc1. The molecule has 1 aliphatic rings. The molecule has 0 spiro atoms. The van der Waals surface area contributed by atoms with E-state index < -0.39 is 0 Å². The van der Waals surface area contributed by atoms with Crippen LogP contribution in [-0.4, -0.2) is 56.7 Å². The zero-order valence-electron chi connectivity index (χ0n) is 23.5. The standard InChI is InChI=1S/C31H37FN6O/c1-21-7-9-23(10-8-21)19-26-33-29(37-16-6-15-36(17-18-37)27(39)20-31(3,4)5)28-22(2)35-38(30(28)34-26)25-13-11-24(32)12-14-25/h7-14H,6,15-20H2,1-5H3. The molecule has 0 atom stereocenters. The van der Waals surface area contributed by atoms with E-state index in [1.165, 1.54) is 17.7 Å². The molecule has 5 rings (SSSR count). The molecule has 0 radical (unpaired) electrons. The fourth-order valence-corrected chi connectivity index (χ4v) is 5.11. The first kappa shape index (κ1) is 26.8. The van der Waals surface area contributed by atoms with E-state index in [0.717, 1.165) is 47.7 Å². The number of halogens is 1. The van der Waals surface area contributed by atoms with Crippen molar-refractivity contribution < 1.29 is 9.18 Å². The second-order valence-electron chi connectivity index (χ2n) is 11.8. The maximum Gasteiger partial charge on any atom is 0.223 e. The van der Waals surface area contributed by atoms with E-state index >= 15 is 0 Å². The van der Waals surface area contributed by atoms with Crippen LogP contribution in [0.5, 0.6) is 0 Å². The summed E-state index contributed by atoms with van der Waals surface area (Å²) in [6.45, 7) is 13.2. The number of aryl methyl sites for hydroxylation is 2. The van der Waals surface area contributed by atoms with Gasteiger partial charge in [0, 0.05) is 39.0 Å². The molecule has 7 nitrogen and oxygen atoms in total. The average molecular weight is 529 g/mol. The summed E-state index contributed by atoms with van der Waals surface area (Å²) in [4.78, 5) is 27.3. The van der Waals surface area contributed by atoms with Crippen LogP contribution in [0.15, 0.2) is 48.5 Å². The van der Waals surface area contributed by atoms with E-state index in [2.05, 4.69) is 56.9 Å². The van der Waals surface area contributed by atoms with Crippen molar-refractivity contribution in [3.8, 4) is 5.69 Å². The minimum absolute atomic E-state index is 0.0428. The quantitative estimate of drug-likeness (QED) is 0.336. The van der Waals surface area contributed by atoms with Gasteiger partial charge >= 0.3 is 0 Å². The largest absolute Gasteiger partial charge is 0.354 e. The fraction of sp³-hybridized carbons (Fsp3) is 0.419. The highest BCUT2D eigenvalue weighted by Crippen LogP contribution is 2.31. The molecule has 0 saturated carbocycles. The Morgan fingerprint density at radius 1 is 0.923 bits per heavy atom. The van der Waals surface area contributed by atoms with Crippen LogP contribution >= 0.6 is 0 Å². The lowest BCUT2D eigenvalue weighted by Gasteiger charge is -2.26. The predicted molar refractivity (Wildman–Crippen MR) is 153 cm³/mol. The summed E-state index contributed by atoms with van der Waals surface area (Å²) in [5.41, 5.74) is 4.56. The van der Waals surface area contributed by atoms with Gasteiger partial charge in [-0.25, -0.2) is 19.0 Å². The van der Waals surface area contributed by atoms with Gasteiger partial charge < -0.3 is 9.80 Å². The van der Waals surface area contributed by atoms with Gasteiger partial charge in [0.25, 0.3) is 0 Å². The second-order valence-corrected chi connectivity index (χ2v) is 11.8. The molecule has 0 N–H and O–H groups in total. The molecule has 39 heavy (non-hydrogen) atoms. The first-order valence-electron chi connectivity index (χ1n) is 13.7. The van der Waals surface area contributed by atoms with Crippen molar-refractivity contribution in [1.29, 1.82) is 0 Å². The van der Waals surface area contributed by atoms with Crippen LogP contribution in [0.3, 0.4) is 0 Å². The highest BCUT2D eigenvalue weighted by molar-refractivity contribution is 5.91. The molecule has 1 aliphatic heterocycles. The minimum Gasteiger partial charge on any atom is -0.354 e. The third-order valence-corrected chi connectivity index (χ3v) is 7.11. The Kier molecular flexibility index (Phi) is 7.38. The van der Waals surface area contributed by atoms with Crippen LogP contribution in [-0.2, 0) is 11.2 Å². The van der Waals surface area contributed by atoms with Crippen LogP contribution in [0.25, 0.3) is 16.7 Å². The maximum atomic E-state index is 13.7. The Labute approximate surface area is 229 Å². The van der Waals surface area contributed by atoms with Crippen LogP contribution < -0.4 is 4.90 Å². The number of hydrogen-bond donors (Lipinski definition) is 0. The van der Waals surface area contributed by atoms with Crippen LogP contribution in [0, 0.1) is 25.1 Å². The molecule has 1 amide bonds. The summed E-state index contributed by atoms with van der Waals surface area (Å²) in [5, 5.41) is 5.70. The molecule has 4 aromatic rings. The van der Waals surface area contributed by atoms with Crippen LogP contribution in [0.4, 0.5) is 10.2 Å². The van der Waals surface area contributed by atoms with Gasteiger partial charge in [-0.2, -0.15) is 5.10 Å². The third-order valence-electron chi connectivity index (χ3n) is 7.11. The Bertz CT molecular complexity index is 1470. The van der Waals surface area contributed by atoms with Gasteiger partial charge in [0.2, 0.25) is 5.91 Å². The van der Waals surface area contributed by atoms with E-state index in [-0.39, 0.29) is 17.1 Å². The minimum atomic E-state index is -0.294. The third kappa shape index (κ3) is 6.10. The van der Waals surface area contributed by atoms with Gasteiger partial charge in [-0.3, -0.25) is 4.79 Å². The first-order valence-corrected chi connectivity index (χ1v) is 13.7. The van der Waals surface area contributed by atoms with Gasteiger partial charge in [-0.05, 0) is 55.5 Å². The fourth-order valence-electron chi connectivity index (χ4n) is 5.11. The number of fused-ring (bicyclic) bond motifs is 1.